The molecule has 0 saturated carbocycles. The molecule has 3 heterocycles. The monoisotopic (exact) mass is 372 g/mol. The van der Waals surface area contributed by atoms with Crippen LogP contribution in [0.25, 0.3) is 16.9 Å². The summed E-state index contributed by atoms with van der Waals surface area (Å²) in [6, 6.07) is 14.5. The summed E-state index contributed by atoms with van der Waals surface area (Å²) in [5.74, 6) is -0.710. The molecule has 2 amide bonds. The number of pyridine rings is 1. The fourth-order valence-electron chi connectivity index (χ4n) is 2.80. The van der Waals surface area contributed by atoms with Crippen molar-refractivity contribution in [3.05, 3.63) is 78.0 Å². The number of nitrogens with two attached hydrogens (primary N) is 1. The molecule has 4 rings (SSSR count). The minimum atomic E-state index is -0.716. The number of benzene rings is 1. The van der Waals surface area contributed by atoms with Crippen molar-refractivity contribution in [2.45, 2.75) is 6.92 Å². The van der Waals surface area contributed by atoms with E-state index in [9.17, 15) is 9.59 Å². The molecular weight excluding hydrogens is 356 g/mol. The van der Waals surface area contributed by atoms with Crippen molar-refractivity contribution < 1.29 is 9.59 Å². The van der Waals surface area contributed by atoms with Gasteiger partial charge in [-0.05, 0) is 24.6 Å². The first kappa shape index (κ1) is 17.3. The van der Waals surface area contributed by atoms with Crippen LogP contribution >= 0.6 is 0 Å². The first-order valence-electron chi connectivity index (χ1n) is 8.50. The van der Waals surface area contributed by atoms with E-state index in [0.717, 1.165) is 11.1 Å². The number of hydrogen-bond donors (Lipinski definition) is 2. The Hall–Kier alpha value is -4.07. The van der Waals surface area contributed by atoms with Crippen LogP contribution < -0.4 is 11.1 Å². The van der Waals surface area contributed by atoms with Crippen molar-refractivity contribution in [2.24, 2.45) is 5.73 Å². The summed E-state index contributed by atoms with van der Waals surface area (Å²) in [5.41, 5.74) is 8.19. The Morgan fingerprint density at radius 3 is 2.54 bits per heavy atom. The van der Waals surface area contributed by atoms with Crippen molar-refractivity contribution in [3.63, 3.8) is 0 Å². The number of aryl methyl sites for hydroxylation is 1. The molecule has 3 aromatic heterocycles. The number of amides is 2. The van der Waals surface area contributed by atoms with E-state index in [1.807, 2.05) is 43.3 Å². The van der Waals surface area contributed by atoms with Crippen LogP contribution in [0.15, 0.2) is 61.1 Å². The molecule has 3 N–H and O–H groups in total. The van der Waals surface area contributed by atoms with Crippen LogP contribution in [0.5, 0.6) is 0 Å². The summed E-state index contributed by atoms with van der Waals surface area (Å²) < 4.78 is 1.44. The van der Waals surface area contributed by atoms with Gasteiger partial charge in [-0.1, -0.05) is 36.4 Å². The molecule has 8 heteroatoms. The van der Waals surface area contributed by atoms with Crippen molar-refractivity contribution in [1.29, 1.82) is 0 Å². The number of carbonyl (C=O) groups excluding carboxylic acids is 2. The van der Waals surface area contributed by atoms with Crippen LogP contribution in [-0.2, 0) is 0 Å². The van der Waals surface area contributed by atoms with Gasteiger partial charge in [0.05, 0.1) is 5.69 Å². The first-order chi connectivity index (χ1) is 13.5. The standard InChI is InChI=1S/C20H16N6O2/c1-12-7-8-16(22-10-12)25-20(28)15-9-14(13-5-3-2-4-6-13)24-19-17(18(21)27)23-11-26(15)19/h2-11H,1H3,(H2,21,27)(H,22,25,28). The number of anilines is 1. The Morgan fingerprint density at radius 2 is 1.86 bits per heavy atom. The van der Waals surface area contributed by atoms with Crippen LogP contribution in [0, 0.1) is 6.92 Å². The Balaban J connectivity index is 1.85. The van der Waals surface area contributed by atoms with Gasteiger partial charge in [0, 0.05) is 11.8 Å². The SMILES string of the molecule is Cc1ccc(NC(=O)c2cc(-c3ccccc3)nc3c(C(N)=O)ncn23)nc1. The zero-order valence-corrected chi connectivity index (χ0v) is 15.0. The van der Waals surface area contributed by atoms with Crippen molar-refractivity contribution in [3.8, 4) is 11.3 Å². The topological polar surface area (TPSA) is 115 Å². The normalized spacial score (nSPS) is 10.8. The first-order valence-corrected chi connectivity index (χ1v) is 8.50. The Morgan fingerprint density at radius 1 is 1.07 bits per heavy atom. The van der Waals surface area contributed by atoms with Gasteiger partial charge in [-0.25, -0.2) is 15.0 Å². The molecule has 0 saturated heterocycles. The van der Waals surface area contributed by atoms with Crippen LogP contribution in [0.3, 0.4) is 0 Å². The molecule has 0 unspecified atom stereocenters. The van der Waals surface area contributed by atoms with Crippen LogP contribution in [-0.4, -0.2) is 31.2 Å². The summed E-state index contributed by atoms with van der Waals surface area (Å²) in [4.78, 5) is 37.4. The second-order valence-corrected chi connectivity index (χ2v) is 6.22. The van der Waals surface area contributed by atoms with Gasteiger partial charge in [0.2, 0.25) is 0 Å². The predicted octanol–water partition coefficient (Wildman–Crippen LogP) is 2.45. The average molecular weight is 372 g/mol. The van der Waals surface area contributed by atoms with Gasteiger partial charge in [0.15, 0.2) is 11.3 Å². The fraction of sp³-hybridized carbons (Fsp3) is 0.0500. The third-order valence-electron chi connectivity index (χ3n) is 4.19. The van der Waals surface area contributed by atoms with E-state index in [0.29, 0.717) is 11.5 Å². The molecule has 0 fully saturated rings. The van der Waals surface area contributed by atoms with Gasteiger partial charge in [0.1, 0.15) is 17.8 Å². The summed E-state index contributed by atoms with van der Waals surface area (Å²) in [6.45, 7) is 1.91. The molecule has 0 atom stereocenters. The molecule has 4 aromatic rings. The zero-order valence-electron chi connectivity index (χ0n) is 15.0. The van der Waals surface area contributed by atoms with E-state index in [1.165, 1.54) is 10.7 Å². The lowest BCUT2D eigenvalue weighted by molar-refractivity contribution is 0.0993. The van der Waals surface area contributed by atoms with Crippen LogP contribution in [0.2, 0.25) is 0 Å². The van der Waals surface area contributed by atoms with Gasteiger partial charge in [-0.2, -0.15) is 0 Å². The Kier molecular flexibility index (Phi) is 4.29. The highest BCUT2D eigenvalue weighted by Gasteiger charge is 2.19. The zero-order chi connectivity index (χ0) is 19.7. The maximum Gasteiger partial charge on any atom is 0.273 e. The van der Waals surface area contributed by atoms with E-state index in [2.05, 4.69) is 20.3 Å². The predicted molar refractivity (Wildman–Crippen MR) is 104 cm³/mol. The van der Waals surface area contributed by atoms with Crippen LogP contribution in [0.4, 0.5) is 5.82 Å². The number of nitrogens with one attached hydrogen (secondary N) is 1. The van der Waals surface area contributed by atoms with E-state index < -0.39 is 11.8 Å². The van der Waals surface area contributed by atoms with Gasteiger partial charge in [0.25, 0.3) is 11.8 Å². The van der Waals surface area contributed by atoms with E-state index in [1.54, 1.807) is 18.3 Å². The number of nitrogens with zero attached hydrogens (tertiary/aromatic N) is 4. The molecule has 1 aromatic carbocycles. The van der Waals surface area contributed by atoms with Gasteiger partial charge < -0.3 is 11.1 Å². The number of rotatable bonds is 4. The average Bonchev–Trinajstić information content (AvgIpc) is 3.14. The van der Waals surface area contributed by atoms with Crippen molar-refractivity contribution >= 4 is 23.3 Å². The van der Waals surface area contributed by atoms with E-state index in [-0.39, 0.29) is 17.0 Å². The smallest absolute Gasteiger partial charge is 0.273 e. The number of fused-ring (bicyclic) bond motifs is 1. The molecule has 0 aliphatic carbocycles. The molecule has 0 aliphatic rings. The third-order valence-corrected chi connectivity index (χ3v) is 4.19. The lowest BCUT2D eigenvalue weighted by Crippen LogP contribution is -2.18. The second kappa shape index (κ2) is 6.92. The molecule has 0 aliphatic heterocycles. The lowest BCUT2D eigenvalue weighted by Gasteiger charge is -2.10. The molecule has 8 nitrogen and oxygen atoms in total. The van der Waals surface area contributed by atoms with Gasteiger partial charge in [-0.3, -0.25) is 14.0 Å². The molecule has 28 heavy (non-hydrogen) atoms. The highest BCUT2D eigenvalue weighted by Crippen LogP contribution is 2.22. The largest absolute Gasteiger partial charge is 0.364 e. The molecular formula is C20H16N6O2. The molecule has 0 bridgehead atoms. The van der Waals surface area contributed by atoms with Gasteiger partial charge >= 0.3 is 0 Å². The fourth-order valence-corrected chi connectivity index (χ4v) is 2.80. The van der Waals surface area contributed by atoms with E-state index in [4.69, 9.17) is 5.73 Å². The summed E-state index contributed by atoms with van der Waals surface area (Å²) in [7, 11) is 0. The van der Waals surface area contributed by atoms with Crippen molar-refractivity contribution in [1.82, 2.24) is 19.4 Å². The molecule has 0 radical (unpaired) electrons. The highest BCUT2D eigenvalue weighted by atomic mass is 16.2. The molecule has 0 spiro atoms. The minimum Gasteiger partial charge on any atom is -0.364 e. The maximum atomic E-state index is 12.9. The number of imidazole rings is 1. The Bertz CT molecular complexity index is 1180. The maximum absolute atomic E-state index is 12.9. The highest BCUT2D eigenvalue weighted by molar-refractivity contribution is 6.04. The summed E-state index contributed by atoms with van der Waals surface area (Å²) in [6.07, 6.45) is 3.02. The quantitative estimate of drug-likeness (QED) is 0.571. The minimum absolute atomic E-state index is 0.000270. The van der Waals surface area contributed by atoms with E-state index >= 15 is 0 Å². The summed E-state index contributed by atoms with van der Waals surface area (Å²) >= 11 is 0. The second-order valence-electron chi connectivity index (χ2n) is 6.22. The number of primary amides is 1. The van der Waals surface area contributed by atoms with Gasteiger partial charge in [-0.15, -0.1) is 0 Å². The lowest BCUT2D eigenvalue weighted by atomic mass is 10.1. The number of hydrogen-bond acceptors (Lipinski definition) is 5. The summed E-state index contributed by atoms with van der Waals surface area (Å²) in [5, 5.41) is 2.75. The number of carbonyl (C=O) groups is 2. The molecule has 138 valence electrons. The number of aromatic nitrogens is 4. The van der Waals surface area contributed by atoms with Crippen molar-refractivity contribution in [2.75, 3.05) is 5.32 Å². The van der Waals surface area contributed by atoms with Crippen LogP contribution in [0.1, 0.15) is 26.5 Å². The Labute approximate surface area is 160 Å². The third kappa shape index (κ3) is 3.18.